The minimum Gasteiger partial charge on any atom is -0.497 e. The van der Waals surface area contributed by atoms with E-state index >= 15 is 0 Å². The van der Waals surface area contributed by atoms with E-state index in [0.717, 1.165) is 39.5 Å². The highest BCUT2D eigenvalue weighted by Gasteiger charge is 2.22. The van der Waals surface area contributed by atoms with Crippen molar-refractivity contribution in [3.8, 4) is 16.9 Å². The molecule has 5 nitrogen and oxygen atoms in total. The molecular formula is C28H31NO4S2. The number of rotatable bonds is 12. The van der Waals surface area contributed by atoms with Gasteiger partial charge in [0.1, 0.15) is 11.8 Å². The van der Waals surface area contributed by atoms with Gasteiger partial charge in [-0.25, -0.2) is 4.79 Å². The minimum atomic E-state index is -1.02. The van der Waals surface area contributed by atoms with Crippen LogP contribution < -0.4 is 10.1 Å². The van der Waals surface area contributed by atoms with Gasteiger partial charge in [-0.05, 0) is 77.4 Å². The molecule has 0 aliphatic rings. The van der Waals surface area contributed by atoms with Crippen molar-refractivity contribution in [3.05, 3.63) is 89.0 Å². The Morgan fingerprint density at radius 3 is 2.31 bits per heavy atom. The maximum Gasteiger partial charge on any atom is 0.326 e. The maximum atomic E-state index is 13.2. The molecule has 0 saturated carbocycles. The van der Waals surface area contributed by atoms with Crippen LogP contribution in [-0.2, 0) is 16.3 Å². The van der Waals surface area contributed by atoms with E-state index < -0.39 is 12.0 Å². The van der Waals surface area contributed by atoms with Crippen LogP contribution in [0.4, 0.5) is 0 Å². The van der Waals surface area contributed by atoms with Crippen LogP contribution in [0.25, 0.3) is 11.1 Å². The number of hydrogen-bond acceptors (Lipinski definition) is 5. The van der Waals surface area contributed by atoms with Gasteiger partial charge in [0.25, 0.3) is 5.91 Å². The van der Waals surface area contributed by atoms with Crippen LogP contribution in [-0.4, -0.2) is 42.1 Å². The van der Waals surface area contributed by atoms with Gasteiger partial charge in [0.15, 0.2) is 0 Å². The Balaban J connectivity index is 1.82. The molecule has 0 spiro atoms. The predicted octanol–water partition coefficient (Wildman–Crippen LogP) is 6.04. The third-order valence-electron chi connectivity index (χ3n) is 5.67. The van der Waals surface area contributed by atoms with E-state index in [9.17, 15) is 14.7 Å². The average molecular weight is 510 g/mol. The Morgan fingerprint density at radius 1 is 0.971 bits per heavy atom. The molecular weight excluding hydrogens is 478 g/mol. The van der Waals surface area contributed by atoms with Crippen molar-refractivity contribution in [2.24, 2.45) is 0 Å². The molecule has 0 aromatic heterocycles. The number of aryl methyl sites for hydroxylation is 1. The Kier molecular flexibility index (Phi) is 10.1. The minimum absolute atomic E-state index is 0.366. The van der Waals surface area contributed by atoms with Gasteiger partial charge < -0.3 is 15.2 Å². The lowest BCUT2D eigenvalue weighted by Crippen LogP contribution is -2.41. The molecule has 0 fully saturated rings. The Hall–Kier alpha value is -2.90. The van der Waals surface area contributed by atoms with Gasteiger partial charge in [-0.2, -0.15) is 23.5 Å². The zero-order valence-corrected chi connectivity index (χ0v) is 21.9. The molecule has 184 valence electrons. The van der Waals surface area contributed by atoms with Crippen LogP contribution in [0.1, 0.15) is 33.5 Å². The molecule has 0 bridgehead atoms. The SMILES string of the molecule is COc1ccc(CSCc2ccc(C(=O)NC(CCSC)C(=O)O)c(-c3ccccc3C)c2)cc1. The van der Waals surface area contributed by atoms with Crippen molar-refractivity contribution in [2.45, 2.75) is 30.9 Å². The van der Waals surface area contributed by atoms with Crippen LogP contribution in [0.2, 0.25) is 0 Å². The smallest absolute Gasteiger partial charge is 0.326 e. The third-order valence-corrected chi connectivity index (χ3v) is 7.39. The van der Waals surface area contributed by atoms with E-state index in [4.69, 9.17) is 4.74 Å². The summed E-state index contributed by atoms with van der Waals surface area (Å²) in [7, 11) is 1.66. The number of carboxylic acids is 1. The Labute approximate surface area is 215 Å². The summed E-state index contributed by atoms with van der Waals surface area (Å²) in [4.78, 5) is 24.9. The van der Waals surface area contributed by atoms with Gasteiger partial charge in [0.05, 0.1) is 7.11 Å². The highest BCUT2D eigenvalue weighted by Crippen LogP contribution is 2.30. The lowest BCUT2D eigenvalue weighted by molar-refractivity contribution is -0.139. The number of benzene rings is 3. The number of thioether (sulfide) groups is 2. The van der Waals surface area contributed by atoms with E-state index in [0.29, 0.717) is 17.7 Å². The normalized spacial score (nSPS) is 11.6. The predicted molar refractivity (Wildman–Crippen MR) is 146 cm³/mol. The van der Waals surface area contributed by atoms with E-state index in [1.807, 2.05) is 61.7 Å². The Morgan fingerprint density at radius 2 is 1.66 bits per heavy atom. The molecule has 3 aromatic rings. The number of ether oxygens (including phenoxy) is 1. The summed E-state index contributed by atoms with van der Waals surface area (Å²) in [5.41, 5.74) is 5.65. The van der Waals surface area contributed by atoms with Crippen LogP contribution in [0.15, 0.2) is 66.7 Å². The first-order chi connectivity index (χ1) is 16.9. The number of carboxylic acid groups (broad SMARTS) is 1. The van der Waals surface area contributed by atoms with Crippen LogP contribution in [0.3, 0.4) is 0 Å². The number of hydrogen-bond donors (Lipinski definition) is 2. The van der Waals surface area contributed by atoms with Crippen molar-refractivity contribution in [2.75, 3.05) is 19.1 Å². The summed E-state index contributed by atoms with van der Waals surface area (Å²) in [6, 6.07) is 20.9. The molecule has 35 heavy (non-hydrogen) atoms. The lowest BCUT2D eigenvalue weighted by Gasteiger charge is -2.17. The zero-order valence-electron chi connectivity index (χ0n) is 20.2. The van der Waals surface area contributed by atoms with Crippen molar-refractivity contribution < 1.29 is 19.4 Å². The third kappa shape index (κ3) is 7.54. The molecule has 3 aromatic carbocycles. The highest BCUT2D eigenvalue weighted by molar-refractivity contribution is 7.98. The van der Waals surface area contributed by atoms with E-state index in [1.165, 1.54) is 5.56 Å². The molecule has 3 rings (SSSR count). The second-order valence-electron chi connectivity index (χ2n) is 8.18. The molecule has 0 aliphatic heterocycles. The van der Waals surface area contributed by atoms with Crippen molar-refractivity contribution in [3.63, 3.8) is 0 Å². The molecule has 2 N–H and O–H groups in total. The monoisotopic (exact) mass is 509 g/mol. The van der Waals surface area contributed by atoms with Gasteiger partial charge in [-0.15, -0.1) is 0 Å². The second kappa shape index (κ2) is 13.3. The fourth-order valence-electron chi connectivity index (χ4n) is 3.71. The molecule has 0 saturated heterocycles. The molecule has 0 radical (unpaired) electrons. The molecule has 0 heterocycles. The Bertz CT molecular complexity index is 1150. The van der Waals surface area contributed by atoms with E-state index in [-0.39, 0.29) is 5.91 Å². The van der Waals surface area contributed by atoms with Crippen LogP contribution in [0.5, 0.6) is 5.75 Å². The molecule has 1 atom stereocenters. The fourth-order valence-corrected chi connectivity index (χ4v) is 5.13. The number of nitrogens with one attached hydrogen (secondary N) is 1. The second-order valence-corrected chi connectivity index (χ2v) is 10.2. The first-order valence-corrected chi connectivity index (χ1v) is 13.9. The first-order valence-electron chi connectivity index (χ1n) is 11.3. The van der Waals surface area contributed by atoms with Crippen molar-refractivity contribution in [1.29, 1.82) is 0 Å². The molecule has 1 unspecified atom stereocenters. The molecule has 7 heteroatoms. The van der Waals surface area contributed by atoms with Gasteiger partial charge >= 0.3 is 5.97 Å². The summed E-state index contributed by atoms with van der Waals surface area (Å²) < 4.78 is 5.22. The highest BCUT2D eigenvalue weighted by atomic mass is 32.2. The number of carbonyl (C=O) groups is 2. The molecule has 1 amide bonds. The maximum absolute atomic E-state index is 13.2. The zero-order chi connectivity index (χ0) is 25.2. The van der Waals surface area contributed by atoms with E-state index in [1.54, 1.807) is 30.6 Å². The molecule has 0 aliphatic carbocycles. The summed E-state index contributed by atoms with van der Waals surface area (Å²) in [5, 5.41) is 12.3. The summed E-state index contributed by atoms with van der Waals surface area (Å²) >= 11 is 3.36. The average Bonchev–Trinajstić information content (AvgIpc) is 2.87. The quantitative estimate of drug-likeness (QED) is 0.310. The topological polar surface area (TPSA) is 75.6 Å². The number of carbonyl (C=O) groups excluding carboxylic acids is 1. The van der Waals surface area contributed by atoms with Gasteiger partial charge in [0, 0.05) is 17.1 Å². The first kappa shape index (κ1) is 26.7. The number of aliphatic carboxylic acids is 1. The number of amides is 1. The van der Waals surface area contributed by atoms with Gasteiger partial charge in [0.2, 0.25) is 0 Å². The standard InChI is InChI=1S/C28H31NO4S2/c1-19-6-4-5-7-23(19)25-16-21(18-35-17-20-8-11-22(33-2)12-9-20)10-13-24(25)27(30)29-26(28(31)32)14-15-34-3/h4-13,16,26H,14-15,17-18H2,1-3H3,(H,29,30)(H,31,32). The van der Waals surface area contributed by atoms with Crippen molar-refractivity contribution >= 4 is 35.4 Å². The largest absolute Gasteiger partial charge is 0.497 e. The van der Waals surface area contributed by atoms with E-state index in [2.05, 4.69) is 23.5 Å². The number of methoxy groups -OCH3 is 1. The van der Waals surface area contributed by atoms with Crippen LogP contribution >= 0.6 is 23.5 Å². The van der Waals surface area contributed by atoms with Gasteiger partial charge in [-0.1, -0.05) is 42.5 Å². The lowest BCUT2D eigenvalue weighted by atomic mass is 9.94. The van der Waals surface area contributed by atoms with Crippen LogP contribution in [0, 0.1) is 6.92 Å². The summed E-state index contributed by atoms with van der Waals surface area (Å²) in [6.45, 7) is 2.01. The van der Waals surface area contributed by atoms with Crippen molar-refractivity contribution in [1.82, 2.24) is 5.32 Å². The summed E-state index contributed by atoms with van der Waals surface area (Å²) in [5.74, 6) is 1.77. The summed E-state index contributed by atoms with van der Waals surface area (Å²) in [6.07, 6.45) is 2.30. The van der Waals surface area contributed by atoms with Gasteiger partial charge in [-0.3, -0.25) is 4.79 Å². The fraction of sp³-hybridized carbons (Fsp3) is 0.286.